The Balaban J connectivity index is 2.45. The quantitative estimate of drug-likeness (QED) is 0.904. The van der Waals surface area contributed by atoms with Gasteiger partial charge in [-0.3, -0.25) is 0 Å². The van der Waals surface area contributed by atoms with Gasteiger partial charge in [-0.25, -0.2) is 0 Å². The van der Waals surface area contributed by atoms with Crippen molar-refractivity contribution in [3.05, 3.63) is 33.5 Å². The van der Waals surface area contributed by atoms with Crippen molar-refractivity contribution in [2.24, 2.45) is 5.73 Å². The van der Waals surface area contributed by atoms with Gasteiger partial charge in [0.05, 0.1) is 13.2 Å². The smallest absolute Gasteiger partial charge is 0.164 e. The minimum absolute atomic E-state index is 0.332. The Hall–Kier alpha value is -0.950. The van der Waals surface area contributed by atoms with Gasteiger partial charge in [0.25, 0.3) is 0 Å². The minimum atomic E-state index is 0.332. The van der Waals surface area contributed by atoms with Crippen molar-refractivity contribution in [1.29, 1.82) is 0 Å². The van der Waals surface area contributed by atoms with Gasteiger partial charge in [0.15, 0.2) is 5.82 Å². The zero-order valence-corrected chi connectivity index (χ0v) is 12.8. The Labute approximate surface area is 124 Å². The van der Waals surface area contributed by atoms with Crippen LogP contribution in [0.1, 0.15) is 5.82 Å². The number of methoxy groups -OCH3 is 1. The normalized spacial score (nSPS) is 10.9. The first-order valence-electron chi connectivity index (χ1n) is 5.73. The zero-order chi connectivity index (χ0) is 13.8. The summed E-state index contributed by atoms with van der Waals surface area (Å²) in [5.74, 6) is 1.46. The van der Waals surface area contributed by atoms with E-state index in [1.807, 2.05) is 22.8 Å². The summed E-state index contributed by atoms with van der Waals surface area (Å²) in [5.41, 5.74) is 6.57. The molecule has 7 heteroatoms. The van der Waals surface area contributed by atoms with Crippen LogP contribution in [0.25, 0.3) is 11.4 Å². The highest BCUT2D eigenvalue weighted by atomic mass is 79.9. The first-order chi connectivity index (χ1) is 9.15. The fourth-order valence-electron chi connectivity index (χ4n) is 1.80. The molecule has 0 spiro atoms. The number of rotatable bonds is 5. The van der Waals surface area contributed by atoms with E-state index in [2.05, 4.69) is 26.1 Å². The lowest BCUT2D eigenvalue weighted by Gasteiger charge is -2.09. The van der Waals surface area contributed by atoms with E-state index in [1.165, 1.54) is 0 Å². The fourth-order valence-corrected chi connectivity index (χ4v) is 2.66. The van der Waals surface area contributed by atoms with E-state index in [0.717, 1.165) is 21.7 Å². The van der Waals surface area contributed by atoms with Crippen LogP contribution in [0, 0.1) is 0 Å². The van der Waals surface area contributed by atoms with E-state index in [0.29, 0.717) is 24.7 Å². The first kappa shape index (κ1) is 14.5. The number of nitrogens with two attached hydrogens (primary N) is 1. The summed E-state index contributed by atoms with van der Waals surface area (Å²) in [5, 5.41) is 8.93. The van der Waals surface area contributed by atoms with Gasteiger partial charge in [-0.2, -0.15) is 0 Å². The van der Waals surface area contributed by atoms with Crippen LogP contribution >= 0.6 is 27.5 Å². The van der Waals surface area contributed by atoms with Crippen LogP contribution in [0.2, 0.25) is 5.02 Å². The molecule has 19 heavy (non-hydrogen) atoms. The molecule has 0 atom stereocenters. The standard InChI is InChI=1S/C12H14BrClN4O/c1-19-3-2-18-11(7-15)16-17-12(18)8-4-9(13)6-10(14)5-8/h4-6H,2-3,7,15H2,1H3. The number of aromatic nitrogens is 3. The van der Waals surface area contributed by atoms with Gasteiger partial charge < -0.3 is 15.0 Å². The SMILES string of the molecule is COCCn1c(CN)nnc1-c1cc(Cl)cc(Br)c1. The number of hydrogen-bond donors (Lipinski definition) is 1. The molecule has 0 aliphatic rings. The van der Waals surface area contributed by atoms with Crippen molar-refractivity contribution in [3.8, 4) is 11.4 Å². The lowest BCUT2D eigenvalue weighted by molar-refractivity contribution is 0.186. The molecule has 0 amide bonds. The van der Waals surface area contributed by atoms with Gasteiger partial charge in [0, 0.05) is 28.7 Å². The van der Waals surface area contributed by atoms with Gasteiger partial charge in [0.2, 0.25) is 0 Å². The third-order valence-corrected chi connectivity index (χ3v) is 3.33. The molecule has 0 saturated heterocycles. The summed E-state index contributed by atoms with van der Waals surface area (Å²) in [6.07, 6.45) is 0. The average Bonchev–Trinajstić information content (AvgIpc) is 2.77. The second-order valence-corrected chi connectivity index (χ2v) is 5.30. The van der Waals surface area contributed by atoms with E-state index in [4.69, 9.17) is 22.1 Å². The van der Waals surface area contributed by atoms with Crippen LogP contribution in [0.4, 0.5) is 0 Å². The van der Waals surface area contributed by atoms with Crippen LogP contribution < -0.4 is 5.73 Å². The van der Waals surface area contributed by atoms with Crippen molar-refractivity contribution in [2.75, 3.05) is 13.7 Å². The first-order valence-corrected chi connectivity index (χ1v) is 6.90. The summed E-state index contributed by atoms with van der Waals surface area (Å²) in [4.78, 5) is 0. The Morgan fingerprint density at radius 3 is 2.79 bits per heavy atom. The molecule has 0 radical (unpaired) electrons. The molecule has 0 aliphatic heterocycles. The third kappa shape index (κ3) is 3.33. The molecule has 0 bridgehead atoms. The average molecular weight is 346 g/mol. The number of benzene rings is 1. The predicted molar refractivity (Wildman–Crippen MR) is 77.9 cm³/mol. The fraction of sp³-hybridized carbons (Fsp3) is 0.333. The maximum atomic E-state index is 6.06. The van der Waals surface area contributed by atoms with Crippen LogP contribution in [-0.2, 0) is 17.8 Å². The van der Waals surface area contributed by atoms with E-state index in [9.17, 15) is 0 Å². The molecule has 0 aliphatic carbocycles. The largest absolute Gasteiger partial charge is 0.383 e. The Bertz CT molecular complexity index is 553. The summed E-state index contributed by atoms with van der Waals surface area (Å²) in [7, 11) is 1.65. The lowest BCUT2D eigenvalue weighted by atomic mass is 10.2. The lowest BCUT2D eigenvalue weighted by Crippen LogP contribution is -2.12. The van der Waals surface area contributed by atoms with Crippen LogP contribution in [0.5, 0.6) is 0 Å². The topological polar surface area (TPSA) is 66.0 Å². The Morgan fingerprint density at radius 2 is 2.16 bits per heavy atom. The van der Waals surface area contributed by atoms with Crippen LogP contribution in [0.15, 0.2) is 22.7 Å². The molecule has 1 heterocycles. The van der Waals surface area contributed by atoms with Crippen molar-refractivity contribution in [2.45, 2.75) is 13.1 Å². The van der Waals surface area contributed by atoms with Crippen molar-refractivity contribution < 1.29 is 4.74 Å². The highest BCUT2D eigenvalue weighted by molar-refractivity contribution is 9.10. The summed E-state index contributed by atoms with van der Waals surface area (Å²) in [6, 6.07) is 5.62. The second-order valence-electron chi connectivity index (χ2n) is 3.95. The molecule has 0 saturated carbocycles. The second kappa shape index (κ2) is 6.47. The van der Waals surface area contributed by atoms with Gasteiger partial charge in [-0.1, -0.05) is 27.5 Å². The van der Waals surface area contributed by atoms with Gasteiger partial charge in [-0.05, 0) is 18.2 Å². The summed E-state index contributed by atoms with van der Waals surface area (Å²) >= 11 is 9.48. The third-order valence-electron chi connectivity index (χ3n) is 2.65. The van der Waals surface area contributed by atoms with Crippen molar-refractivity contribution in [3.63, 3.8) is 0 Å². The van der Waals surface area contributed by atoms with E-state index in [1.54, 1.807) is 7.11 Å². The maximum absolute atomic E-state index is 6.06. The number of hydrogen-bond acceptors (Lipinski definition) is 4. The summed E-state index contributed by atoms with van der Waals surface area (Å²) < 4.78 is 7.94. The molecule has 2 rings (SSSR count). The van der Waals surface area contributed by atoms with Gasteiger partial charge in [-0.15, -0.1) is 10.2 Å². The molecular formula is C12H14BrClN4O. The van der Waals surface area contributed by atoms with E-state index < -0.39 is 0 Å². The Kier molecular flexibility index (Phi) is 4.93. The minimum Gasteiger partial charge on any atom is -0.383 e. The summed E-state index contributed by atoms with van der Waals surface area (Å²) in [6.45, 7) is 1.55. The number of ether oxygens (including phenoxy) is 1. The van der Waals surface area contributed by atoms with Crippen molar-refractivity contribution in [1.82, 2.24) is 14.8 Å². The molecule has 102 valence electrons. The van der Waals surface area contributed by atoms with Gasteiger partial charge >= 0.3 is 0 Å². The number of halogens is 2. The maximum Gasteiger partial charge on any atom is 0.164 e. The molecule has 0 unspecified atom stereocenters. The number of nitrogens with zero attached hydrogens (tertiary/aromatic N) is 3. The van der Waals surface area contributed by atoms with Gasteiger partial charge in [0.1, 0.15) is 5.82 Å². The highest BCUT2D eigenvalue weighted by Crippen LogP contribution is 2.26. The predicted octanol–water partition coefficient (Wildman–Crippen LogP) is 2.47. The van der Waals surface area contributed by atoms with E-state index >= 15 is 0 Å². The molecule has 2 N–H and O–H groups in total. The molecular weight excluding hydrogens is 332 g/mol. The Morgan fingerprint density at radius 1 is 1.37 bits per heavy atom. The van der Waals surface area contributed by atoms with Crippen LogP contribution in [-0.4, -0.2) is 28.5 Å². The molecule has 0 fully saturated rings. The van der Waals surface area contributed by atoms with E-state index in [-0.39, 0.29) is 0 Å². The monoisotopic (exact) mass is 344 g/mol. The zero-order valence-electron chi connectivity index (χ0n) is 10.4. The molecule has 1 aromatic carbocycles. The highest BCUT2D eigenvalue weighted by Gasteiger charge is 2.13. The van der Waals surface area contributed by atoms with Crippen LogP contribution in [0.3, 0.4) is 0 Å². The molecule has 2 aromatic rings. The molecule has 5 nitrogen and oxygen atoms in total. The van der Waals surface area contributed by atoms with Crippen molar-refractivity contribution >= 4 is 27.5 Å². The molecule has 1 aromatic heterocycles.